The smallest absolute Gasteiger partial charge is 0.322 e. The van der Waals surface area contributed by atoms with Gasteiger partial charge in [-0.05, 0) is 75.4 Å². The molecular formula is C31H37ClFN5O2. The normalized spacial score (nSPS) is 14.9. The topological polar surface area (TPSA) is 77.6 Å². The average molecular weight is 566 g/mol. The van der Waals surface area contributed by atoms with Crippen molar-refractivity contribution >= 4 is 29.2 Å². The molecule has 1 aromatic heterocycles. The van der Waals surface area contributed by atoms with Gasteiger partial charge in [-0.2, -0.15) is 0 Å². The van der Waals surface area contributed by atoms with E-state index < -0.39 is 0 Å². The van der Waals surface area contributed by atoms with E-state index >= 15 is 0 Å². The van der Waals surface area contributed by atoms with Crippen molar-refractivity contribution in [1.82, 2.24) is 20.1 Å². The molecule has 1 fully saturated rings. The highest BCUT2D eigenvalue weighted by Gasteiger charge is 2.30. The van der Waals surface area contributed by atoms with Crippen molar-refractivity contribution < 1.29 is 14.0 Å². The summed E-state index contributed by atoms with van der Waals surface area (Å²) < 4.78 is 13.7. The molecule has 1 atom stereocenters. The number of nitrogens with zero attached hydrogens (tertiary/aromatic N) is 3. The average Bonchev–Trinajstić information content (AvgIpc) is 2.92. The van der Waals surface area contributed by atoms with Crippen molar-refractivity contribution in [3.8, 4) is 0 Å². The molecule has 7 nitrogen and oxygen atoms in total. The van der Waals surface area contributed by atoms with E-state index in [1.54, 1.807) is 25.1 Å². The summed E-state index contributed by atoms with van der Waals surface area (Å²) in [5.41, 5.74) is 3.50. The van der Waals surface area contributed by atoms with E-state index in [9.17, 15) is 14.0 Å². The Morgan fingerprint density at radius 2 is 1.82 bits per heavy atom. The summed E-state index contributed by atoms with van der Waals surface area (Å²) in [5, 5.41) is 6.29. The fourth-order valence-corrected chi connectivity index (χ4v) is 5.63. The fraction of sp³-hybridized carbons (Fsp3) is 0.387. The maximum Gasteiger partial charge on any atom is 0.322 e. The minimum absolute atomic E-state index is 0.0558. The molecule has 40 heavy (non-hydrogen) atoms. The number of urea groups is 1. The number of nitrogens with one attached hydrogen (secondary N) is 2. The van der Waals surface area contributed by atoms with Gasteiger partial charge >= 0.3 is 6.03 Å². The van der Waals surface area contributed by atoms with Crippen molar-refractivity contribution in [3.05, 3.63) is 94.0 Å². The number of hydrogen-bond acceptors (Lipinski definition) is 4. The quantitative estimate of drug-likeness (QED) is 0.303. The van der Waals surface area contributed by atoms with E-state index in [2.05, 4.69) is 27.4 Å². The zero-order valence-electron chi connectivity index (χ0n) is 23.3. The molecule has 2 aromatic carbocycles. The highest BCUT2D eigenvalue weighted by molar-refractivity contribution is 6.29. The maximum atomic E-state index is 13.7. The molecule has 0 radical (unpaired) electrons. The van der Waals surface area contributed by atoms with Crippen LogP contribution in [0.5, 0.6) is 0 Å². The molecule has 212 valence electrons. The van der Waals surface area contributed by atoms with E-state index in [0.29, 0.717) is 35.2 Å². The van der Waals surface area contributed by atoms with Crippen molar-refractivity contribution in [2.45, 2.75) is 58.7 Å². The van der Waals surface area contributed by atoms with E-state index in [4.69, 9.17) is 11.6 Å². The minimum atomic E-state index is -0.388. The third-order valence-electron chi connectivity index (χ3n) is 7.54. The first-order chi connectivity index (χ1) is 19.2. The number of anilines is 1. The zero-order chi connectivity index (χ0) is 28.6. The highest BCUT2D eigenvalue weighted by atomic mass is 35.5. The molecule has 2 N–H and O–H groups in total. The van der Waals surface area contributed by atoms with Crippen LogP contribution in [0.25, 0.3) is 0 Å². The lowest BCUT2D eigenvalue weighted by molar-refractivity contribution is 0.0918. The van der Waals surface area contributed by atoms with E-state index in [1.165, 1.54) is 12.1 Å². The van der Waals surface area contributed by atoms with Crippen LogP contribution in [0.3, 0.4) is 0 Å². The van der Waals surface area contributed by atoms with Gasteiger partial charge < -0.3 is 20.4 Å². The third kappa shape index (κ3) is 7.79. The Morgan fingerprint density at radius 1 is 1.10 bits per heavy atom. The largest absolute Gasteiger partial charge is 0.352 e. The summed E-state index contributed by atoms with van der Waals surface area (Å²) >= 11 is 6.00. The molecule has 9 heteroatoms. The molecule has 1 unspecified atom stereocenters. The number of piperidine rings is 1. The summed E-state index contributed by atoms with van der Waals surface area (Å²) in [4.78, 5) is 34.6. The standard InChI is InChI=1S/C31H37ClFN5O2/c1-21-18-28(32)35-23(3)29(21)30(39)34-15-12-22(2)37-16-13-27(14-17-37)38(20-24-8-5-4-6-9-24)31(40)36-26-11-7-10-25(33)19-26/h4-11,18-19,22,27H,12-17,20H2,1-3H3,(H,34,39)(H,36,40). The number of hydrogen-bond donors (Lipinski definition) is 2. The monoisotopic (exact) mass is 565 g/mol. The maximum absolute atomic E-state index is 13.7. The number of halogens is 2. The Labute approximate surface area is 240 Å². The molecule has 2 heterocycles. The van der Waals surface area contributed by atoms with Gasteiger partial charge in [-0.15, -0.1) is 0 Å². The van der Waals surface area contributed by atoms with Crippen LogP contribution in [0, 0.1) is 19.7 Å². The first kappa shape index (κ1) is 29.5. The molecule has 3 aromatic rings. The molecule has 1 saturated heterocycles. The summed E-state index contributed by atoms with van der Waals surface area (Å²) in [6.07, 6.45) is 2.47. The van der Waals surface area contributed by atoms with E-state index in [1.807, 2.05) is 42.2 Å². The predicted octanol–water partition coefficient (Wildman–Crippen LogP) is 6.20. The van der Waals surface area contributed by atoms with Gasteiger partial charge in [0.05, 0.1) is 11.3 Å². The first-order valence-corrected chi connectivity index (χ1v) is 14.1. The molecule has 3 amide bonds. The highest BCUT2D eigenvalue weighted by Crippen LogP contribution is 2.23. The van der Waals surface area contributed by atoms with E-state index in [-0.39, 0.29) is 29.8 Å². The number of carbonyl (C=O) groups excluding carboxylic acids is 2. The Kier molecular flexibility index (Phi) is 10.1. The van der Waals surface area contributed by atoms with Gasteiger partial charge in [-0.25, -0.2) is 14.2 Å². The van der Waals surface area contributed by atoms with Gasteiger partial charge in [0.1, 0.15) is 11.0 Å². The number of pyridine rings is 1. The zero-order valence-corrected chi connectivity index (χ0v) is 24.0. The van der Waals surface area contributed by atoms with Gasteiger partial charge in [-0.1, -0.05) is 48.0 Å². The number of likely N-dealkylation sites (tertiary alicyclic amines) is 1. The summed E-state index contributed by atoms with van der Waals surface area (Å²) in [6, 6.07) is 17.7. The second-order valence-corrected chi connectivity index (χ2v) is 10.8. The first-order valence-electron chi connectivity index (χ1n) is 13.7. The molecule has 0 spiro atoms. The van der Waals surface area contributed by atoms with Gasteiger partial charge in [-0.3, -0.25) is 4.79 Å². The molecule has 0 bridgehead atoms. The Balaban J connectivity index is 1.32. The van der Waals surface area contributed by atoms with Crippen LogP contribution in [0.1, 0.15) is 53.4 Å². The van der Waals surface area contributed by atoms with Gasteiger partial charge in [0.25, 0.3) is 5.91 Å². The van der Waals surface area contributed by atoms with Gasteiger partial charge in [0.15, 0.2) is 0 Å². The predicted molar refractivity (Wildman–Crippen MR) is 157 cm³/mol. The number of aryl methyl sites for hydroxylation is 2. The van der Waals surface area contributed by atoms with Gasteiger partial charge in [0.2, 0.25) is 0 Å². The Hall–Kier alpha value is -3.49. The van der Waals surface area contributed by atoms with Gasteiger partial charge in [0, 0.05) is 44.0 Å². The summed E-state index contributed by atoms with van der Waals surface area (Å²) in [7, 11) is 0. The Bertz CT molecular complexity index is 1290. The lowest BCUT2D eigenvalue weighted by Gasteiger charge is -2.40. The molecule has 0 saturated carbocycles. The van der Waals surface area contributed by atoms with Crippen LogP contribution < -0.4 is 10.6 Å². The number of aromatic nitrogens is 1. The summed E-state index contributed by atoms with van der Waals surface area (Å²) in [5.74, 6) is -0.521. The lowest BCUT2D eigenvalue weighted by atomic mass is 10.00. The molecule has 4 rings (SSSR count). The third-order valence-corrected chi connectivity index (χ3v) is 7.73. The SMILES string of the molecule is Cc1cc(Cl)nc(C)c1C(=O)NCCC(C)N1CCC(N(Cc2ccccc2)C(=O)Nc2cccc(F)c2)CC1. The second kappa shape index (κ2) is 13.7. The summed E-state index contributed by atoms with van der Waals surface area (Å²) in [6.45, 7) is 8.55. The minimum Gasteiger partial charge on any atom is -0.352 e. The van der Waals surface area contributed by atoms with Crippen molar-refractivity contribution in [1.29, 1.82) is 0 Å². The van der Waals surface area contributed by atoms with Crippen LogP contribution in [0.2, 0.25) is 5.15 Å². The van der Waals surface area contributed by atoms with Crippen molar-refractivity contribution in [3.63, 3.8) is 0 Å². The van der Waals surface area contributed by atoms with Crippen LogP contribution in [-0.2, 0) is 6.54 Å². The van der Waals surface area contributed by atoms with Crippen LogP contribution in [0.15, 0.2) is 60.7 Å². The van der Waals surface area contributed by atoms with Crippen LogP contribution >= 0.6 is 11.6 Å². The Morgan fingerprint density at radius 3 is 2.50 bits per heavy atom. The number of rotatable bonds is 9. The molecular weight excluding hydrogens is 529 g/mol. The van der Waals surface area contributed by atoms with Crippen molar-refractivity contribution in [2.75, 3.05) is 25.0 Å². The van der Waals surface area contributed by atoms with E-state index in [0.717, 1.165) is 43.5 Å². The lowest BCUT2D eigenvalue weighted by Crippen LogP contribution is -2.50. The van der Waals surface area contributed by atoms with Crippen molar-refractivity contribution in [2.24, 2.45) is 0 Å². The molecule has 1 aliphatic heterocycles. The molecule has 0 aliphatic carbocycles. The molecule has 1 aliphatic rings. The fourth-order valence-electron chi connectivity index (χ4n) is 5.34. The second-order valence-electron chi connectivity index (χ2n) is 10.4. The van der Waals surface area contributed by atoms with Crippen LogP contribution in [-0.4, -0.2) is 58.4 Å². The number of amides is 3. The van der Waals surface area contributed by atoms with Crippen LogP contribution in [0.4, 0.5) is 14.9 Å². The number of benzene rings is 2. The number of carbonyl (C=O) groups is 2.